The number of nitrogens with zero attached hydrogens (tertiary/aromatic N) is 3. The van der Waals surface area contributed by atoms with Crippen LogP contribution in [0.3, 0.4) is 0 Å². The van der Waals surface area contributed by atoms with Gasteiger partial charge >= 0.3 is 0 Å². The van der Waals surface area contributed by atoms with Gasteiger partial charge in [0.05, 0.1) is 6.04 Å². The third-order valence-electron chi connectivity index (χ3n) is 12.8. The predicted octanol–water partition coefficient (Wildman–Crippen LogP) is -1.72. The number of carbonyl (C=O) groups excluding carboxylic acids is 8. The van der Waals surface area contributed by atoms with E-state index >= 15 is 4.39 Å². The molecular formula is C50H71FN16O8. The maximum Gasteiger partial charge on any atom is 0.245 e. The molecule has 0 saturated carbocycles. The maximum absolute atomic E-state index is 15.4. The monoisotopic (exact) mass is 1040 g/mol. The van der Waals surface area contributed by atoms with E-state index in [2.05, 4.69) is 58.8 Å². The van der Waals surface area contributed by atoms with Gasteiger partial charge in [-0.25, -0.2) is 4.39 Å². The molecule has 8 amide bonds. The lowest BCUT2D eigenvalue weighted by Gasteiger charge is -2.31. The second-order valence-electron chi connectivity index (χ2n) is 18.6. The van der Waals surface area contributed by atoms with Gasteiger partial charge in [-0.05, 0) is 81.0 Å². The van der Waals surface area contributed by atoms with Gasteiger partial charge in [-0.15, -0.1) is 0 Å². The number of aromatic amines is 1. The molecule has 24 nitrogen and oxygen atoms in total. The van der Waals surface area contributed by atoms with Crippen LogP contribution in [0.2, 0.25) is 0 Å². The van der Waals surface area contributed by atoms with E-state index in [1.165, 1.54) is 30.0 Å². The van der Waals surface area contributed by atoms with E-state index in [-0.39, 0.29) is 114 Å². The Labute approximate surface area is 433 Å². The molecule has 0 unspecified atom stereocenters. The summed E-state index contributed by atoms with van der Waals surface area (Å²) in [5.41, 5.74) is 29.9. The van der Waals surface area contributed by atoms with Gasteiger partial charge in [0, 0.05) is 75.2 Å². The Bertz CT molecular complexity index is 2600. The van der Waals surface area contributed by atoms with Gasteiger partial charge in [-0.2, -0.15) is 0 Å². The number of fused-ring (bicyclic) bond motifs is 2. The zero-order valence-corrected chi connectivity index (χ0v) is 42.1. The summed E-state index contributed by atoms with van der Waals surface area (Å²) in [6, 6.07) is 4.25. The van der Waals surface area contributed by atoms with Crippen LogP contribution in [0.5, 0.6) is 0 Å². The molecule has 0 aliphatic carbocycles. The van der Waals surface area contributed by atoms with Gasteiger partial charge in [-0.3, -0.25) is 48.3 Å². The molecule has 3 heterocycles. The van der Waals surface area contributed by atoms with Crippen molar-refractivity contribution in [3.8, 4) is 0 Å². The number of halogens is 1. The van der Waals surface area contributed by atoms with Crippen molar-refractivity contribution in [3.63, 3.8) is 0 Å². The average molecular weight is 1040 g/mol. The zero-order chi connectivity index (χ0) is 54.6. The lowest BCUT2D eigenvalue weighted by Crippen LogP contribution is -2.60. The number of para-hydroxylation sites is 1. The van der Waals surface area contributed by atoms with Crippen LogP contribution in [0.1, 0.15) is 82.3 Å². The van der Waals surface area contributed by atoms with Crippen LogP contribution < -0.4 is 65.9 Å². The molecule has 2 saturated heterocycles. The number of H-pyrrole nitrogens is 1. The average Bonchev–Trinajstić information content (AvgIpc) is 4.03. The van der Waals surface area contributed by atoms with E-state index in [1.807, 2.05) is 24.3 Å². The summed E-state index contributed by atoms with van der Waals surface area (Å²) in [7, 11) is 0. The molecule has 5 rings (SSSR count). The topological polar surface area (TPSA) is 395 Å². The molecule has 0 bridgehead atoms. The Morgan fingerprint density at radius 3 is 2.09 bits per heavy atom. The van der Waals surface area contributed by atoms with E-state index in [0.717, 1.165) is 10.9 Å². The highest BCUT2D eigenvalue weighted by molar-refractivity contribution is 5.98. The van der Waals surface area contributed by atoms with E-state index in [0.29, 0.717) is 12.0 Å². The molecule has 0 spiro atoms. The molecule has 2 fully saturated rings. The number of aliphatic imine (C=N–C) groups is 2. The number of nitrogens with two attached hydrogens (primary N) is 5. The number of hydrogen-bond acceptors (Lipinski definition) is 11. The quantitative estimate of drug-likeness (QED) is 0.0432. The van der Waals surface area contributed by atoms with E-state index in [4.69, 9.17) is 28.7 Å². The first-order valence-corrected chi connectivity index (χ1v) is 25.0. The molecule has 2 aliphatic heterocycles. The van der Waals surface area contributed by atoms with Gasteiger partial charge in [0.25, 0.3) is 0 Å². The van der Waals surface area contributed by atoms with Crippen LogP contribution in [-0.4, -0.2) is 138 Å². The summed E-state index contributed by atoms with van der Waals surface area (Å²) in [6.45, 7) is 5.42. The minimum absolute atomic E-state index is 0.0204. The normalized spacial score (nSPS) is 22.0. The minimum Gasteiger partial charge on any atom is -0.401 e. The first-order chi connectivity index (χ1) is 35.8. The summed E-state index contributed by atoms with van der Waals surface area (Å²) in [6.07, 6.45) is 2.16. The number of carbonyl (C=O) groups is 8. The second-order valence-corrected chi connectivity index (χ2v) is 18.6. The molecule has 7 atom stereocenters. The van der Waals surface area contributed by atoms with Crippen LogP contribution >= 0.6 is 0 Å². The van der Waals surface area contributed by atoms with Crippen molar-refractivity contribution in [2.24, 2.45) is 38.7 Å². The van der Waals surface area contributed by atoms with Gasteiger partial charge in [0.15, 0.2) is 11.9 Å². The number of rotatable bonds is 16. The highest BCUT2D eigenvalue weighted by Gasteiger charge is 2.40. The number of nitrogens with one attached hydrogen (secondary N) is 8. The Morgan fingerprint density at radius 1 is 0.773 bits per heavy atom. The van der Waals surface area contributed by atoms with Crippen molar-refractivity contribution in [2.45, 2.75) is 126 Å². The Hall–Kier alpha value is -8.25. The number of guanidine groups is 2. The van der Waals surface area contributed by atoms with Crippen molar-refractivity contribution < 1.29 is 42.7 Å². The standard InChI is InChI=1S/C50H71FN16O8/c1-28(52)34-15-7-21-57-42(69)20-19-38(64-43(70)36(61-29(2)68)16-8-22-58-49(53)54)48(75)67-24-10-18-41(67)47(74)66-39(25-30-11-3-5-13-33(30)51)46(73)63-37(17-9-23-59-50(55)56)44(71)65-40(45(72)62-34)26-31-27-60-35-14-6-4-12-32(31)35/h3-6,11-14,27,34,36-41,60H,1,7-10,15-26,52H2,2H3,(H,57,69)(H,61,68)(H,62,72)(H,63,73)(H,64,70)(H,65,71)(H,66,74)(H4,53,54,58)(H4,55,56,59)/t34-,36-,37-,38-,39+,40-,41-/m0/s1. The molecule has 25 heteroatoms. The van der Waals surface area contributed by atoms with Crippen LogP contribution in [0.4, 0.5) is 4.39 Å². The Morgan fingerprint density at radius 2 is 1.40 bits per heavy atom. The van der Waals surface area contributed by atoms with Gasteiger partial charge in [-0.1, -0.05) is 43.0 Å². The van der Waals surface area contributed by atoms with Crippen molar-refractivity contribution in [2.75, 3.05) is 26.2 Å². The summed E-state index contributed by atoms with van der Waals surface area (Å²) in [5, 5.41) is 20.0. The first-order valence-electron chi connectivity index (χ1n) is 25.0. The fourth-order valence-corrected chi connectivity index (χ4v) is 8.98. The summed E-state index contributed by atoms with van der Waals surface area (Å²) in [4.78, 5) is 125. The molecular weight excluding hydrogens is 972 g/mol. The van der Waals surface area contributed by atoms with Crippen molar-refractivity contribution >= 4 is 70.1 Å². The number of aromatic nitrogens is 1. The van der Waals surface area contributed by atoms with Gasteiger partial charge < -0.3 is 75.8 Å². The fraction of sp³-hybridized carbons (Fsp3) is 0.480. The largest absolute Gasteiger partial charge is 0.401 e. The lowest BCUT2D eigenvalue weighted by atomic mass is 10.0. The van der Waals surface area contributed by atoms with Crippen molar-refractivity contribution in [1.29, 1.82) is 0 Å². The molecule has 18 N–H and O–H groups in total. The molecule has 0 radical (unpaired) electrons. The molecule has 2 aromatic carbocycles. The summed E-state index contributed by atoms with van der Waals surface area (Å²) < 4.78 is 15.4. The van der Waals surface area contributed by atoms with Crippen LogP contribution in [0.25, 0.3) is 10.9 Å². The molecule has 406 valence electrons. The van der Waals surface area contributed by atoms with Crippen LogP contribution in [0, 0.1) is 5.82 Å². The molecule has 1 aromatic heterocycles. The maximum atomic E-state index is 15.4. The fourth-order valence-electron chi connectivity index (χ4n) is 8.98. The van der Waals surface area contributed by atoms with E-state index < -0.39 is 102 Å². The minimum atomic E-state index is -1.54. The van der Waals surface area contributed by atoms with E-state index in [9.17, 15) is 38.4 Å². The Balaban J connectivity index is 1.53. The van der Waals surface area contributed by atoms with Gasteiger partial charge in [0.1, 0.15) is 42.1 Å². The Kier molecular flexibility index (Phi) is 21.7. The van der Waals surface area contributed by atoms with Crippen molar-refractivity contribution in [1.82, 2.24) is 47.1 Å². The third-order valence-corrected chi connectivity index (χ3v) is 12.8. The zero-order valence-electron chi connectivity index (χ0n) is 42.1. The van der Waals surface area contributed by atoms with Crippen LogP contribution in [0.15, 0.2) is 77.0 Å². The third kappa shape index (κ3) is 17.7. The summed E-state index contributed by atoms with van der Waals surface area (Å²) >= 11 is 0. The van der Waals surface area contributed by atoms with Crippen molar-refractivity contribution in [3.05, 3.63) is 83.9 Å². The summed E-state index contributed by atoms with van der Waals surface area (Å²) in [5.74, 6) is -6.67. The number of benzene rings is 2. The smallest absolute Gasteiger partial charge is 0.245 e. The number of hydrogen-bond donors (Lipinski definition) is 13. The molecule has 75 heavy (non-hydrogen) atoms. The second kappa shape index (κ2) is 28.3. The predicted molar refractivity (Wildman–Crippen MR) is 279 cm³/mol. The van der Waals surface area contributed by atoms with Gasteiger partial charge in [0.2, 0.25) is 47.3 Å². The van der Waals surface area contributed by atoms with Crippen LogP contribution in [-0.2, 0) is 51.2 Å². The molecule has 3 aromatic rings. The molecule has 2 aliphatic rings. The number of amides is 8. The highest BCUT2D eigenvalue weighted by atomic mass is 19.1. The first kappa shape index (κ1) is 57.6. The SMILES string of the molecule is C=C(N)[C@@H]1CCCNC(=O)CC[C@H](NC(=O)[C@H](CCCN=C(N)N)NC(C)=O)C(=O)N2CCC[C@H]2C(=O)N[C@H](Cc2ccccc2F)C(=O)N[C@@H](CCCN=C(N)N)C(=O)N[C@@H](Cc2c[nH]c3ccccc23)C(=O)N1. The van der Waals surface area contributed by atoms with E-state index in [1.54, 1.807) is 12.3 Å². The highest BCUT2D eigenvalue weighted by Crippen LogP contribution is 2.23. The lowest BCUT2D eigenvalue weighted by molar-refractivity contribution is -0.143.